The molecule has 5 rings (SSSR count). The van der Waals surface area contributed by atoms with E-state index in [1.807, 2.05) is 67.7 Å². The van der Waals surface area contributed by atoms with Gasteiger partial charge in [0.25, 0.3) is 11.8 Å². The van der Waals surface area contributed by atoms with Crippen molar-refractivity contribution in [1.82, 2.24) is 14.7 Å². The molecule has 40 heavy (non-hydrogen) atoms. The fourth-order valence-electron chi connectivity index (χ4n) is 4.65. The van der Waals surface area contributed by atoms with Crippen LogP contribution in [0.15, 0.2) is 95.7 Å². The van der Waals surface area contributed by atoms with Crippen LogP contribution < -0.4 is 4.74 Å². The quantitative estimate of drug-likeness (QED) is 0.232. The number of aryl methyl sites for hydroxylation is 1. The molecule has 0 atom stereocenters. The molecule has 0 unspecified atom stereocenters. The van der Waals surface area contributed by atoms with Crippen LogP contribution in [0.4, 0.5) is 4.39 Å². The highest BCUT2D eigenvalue weighted by molar-refractivity contribution is 6.19. The van der Waals surface area contributed by atoms with E-state index in [2.05, 4.69) is 0 Å². The predicted molar refractivity (Wildman–Crippen MR) is 149 cm³/mol. The van der Waals surface area contributed by atoms with Crippen molar-refractivity contribution in [3.05, 3.63) is 118 Å². The van der Waals surface area contributed by atoms with Crippen molar-refractivity contribution in [3.8, 4) is 28.8 Å². The minimum atomic E-state index is -0.683. The van der Waals surface area contributed by atoms with E-state index in [0.29, 0.717) is 22.6 Å². The number of aromatic nitrogens is 2. The zero-order chi connectivity index (χ0) is 28.4. The predicted octanol–water partition coefficient (Wildman–Crippen LogP) is 5.79. The van der Waals surface area contributed by atoms with Gasteiger partial charge in [0.2, 0.25) is 0 Å². The van der Waals surface area contributed by atoms with Gasteiger partial charge in [0, 0.05) is 22.9 Å². The third-order valence-corrected chi connectivity index (χ3v) is 6.83. The van der Waals surface area contributed by atoms with Crippen LogP contribution in [-0.4, -0.2) is 33.6 Å². The van der Waals surface area contributed by atoms with E-state index in [9.17, 15) is 19.2 Å². The van der Waals surface area contributed by atoms with Crippen molar-refractivity contribution in [2.24, 2.45) is 0 Å². The monoisotopic (exact) mass is 532 g/mol. The minimum absolute atomic E-state index is 0.0958. The largest absolute Gasteiger partial charge is 0.497 e. The zero-order valence-electron chi connectivity index (χ0n) is 22.2. The van der Waals surface area contributed by atoms with E-state index in [0.717, 1.165) is 21.7 Å². The Morgan fingerprint density at radius 3 is 2.38 bits per heavy atom. The molecule has 0 saturated heterocycles. The summed E-state index contributed by atoms with van der Waals surface area (Å²) in [6.45, 7) is 3.45. The van der Waals surface area contributed by atoms with Gasteiger partial charge in [-0.15, -0.1) is 0 Å². The lowest BCUT2D eigenvalue weighted by atomic mass is 9.92. The van der Waals surface area contributed by atoms with Crippen LogP contribution in [-0.2, 0) is 16.1 Å². The Bertz CT molecular complexity index is 1730. The van der Waals surface area contributed by atoms with Crippen LogP contribution in [0.5, 0.6) is 5.75 Å². The van der Waals surface area contributed by atoms with Crippen molar-refractivity contribution < 1.29 is 18.7 Å². The van der Waals surface area contributed by atoms with Gasteiger partial charge in [-0.2, -0.15) is 10.4 Å². The normalized spacial score (nSPS) is 14.6. The minimum Gasteiger partial charge on any atom is -0.497 e. The Hall–Kier alpha value is -5.29. The van der Waals surface area contributed by atoms with Crippen LogP contribution in [0, 0.1) is 24.1 Å². The molecule has 1 aliphatic heterocycles. The van der Waals surface area contributed by atoms with Gasteiger partial charge in [0.1, 0.15) is 28.9 Å². The maximum atomic E-state index is 13.7. The van der Waals surface area contributed by atoms with E-state index >= 15 is 0 Å². The third-order valence-electron chi connectivity index (χ3n) is 6.83. The molecule has 4 aromatic rings. The van der Waals surface area contributed by atoms with E-state index in [-0.39, 0.29) is 23.3 Å². The first-order valence-corrected chi connectivity index (χ1v) is 12.5. The molecule has 0 spiro atoms. The number of para-hydroxylation sites is 1. The molecular weight excluding hydrogens is 507 g/mol. The van der Waals surface area contributed by atoms with Crippen molar-refractivity contribution in [1.29, 1.82) is 5.26 Å². The lowest BCUT2D eigenvalue weighted by molar-refractivity contribution is -0.141. The topological polar surface area (TPSA) is 88.2 Å². The number of benzene rings is 3. The molecule has 1 aromatic heterocycles. The van der Waals surface area contributed by atoms with E-state index in [1.54, 1.807) is 24.8 Å². The second-order valence-electron chi connectivity index (χ2n) is 9.39. The van der Waals surface area contributed by atoms with Gasteiger partial charge in [-0.1, -0.05) is 30.3 Å². The smallest absolute Gasteiger partial charge is 0.271 e. The van der Waals surface area contributed by atoms with Gasteiger partial charge < -0.3 is 4.74 Å². The first-order chi connectivity index (χ1) is 19.3. The molecule has 2 amide bonds. The average molecular weight is 533 g/mol. The molecule has 8 heteroatoms. The molecule has 0 N–H and O–H groups in total. The highest BCUT2D eigenvalue weighted by Gasteiger charge is 2.35. The highest BCUT2D eigenvalue weighted by atomic mass is 19.1. The molecule has 0 radical (unpaired) electrons. The summed E-state index contributed by atoms with van der Waals surface area (Å²) in [5.41, 5.74) is 4.78. The number of methoxy groups -OCH3 is 1. The number of hydrogen-bond acceptors (Lipinski definition) is 5. The lowest BCUT2D eigenvalue weighted by Crippen LogP contribution is -2.42. The van der Waals surface area contributed by atoms with Gasteiger partial charge in [0.15, 0.2) is 0 Å². The Balaban J connectivity index is 1.66. The summed E-state index contributed by atoms with van der Waals surface area (Å²) in [5, 5.41) is 14.7. The summed E-state index contributed by atoms with van der Waals surface area (Å²) >= 11 is 0. The molecule has 1 aliphatic rings. The van der Waals surface area contributed by atoms with Crippen molar-refractivity contribution in [2.75, 3.05) is 7.11 Å². The second kappa shape index (κ2) is 10.8. The summed E-state index contributed by atoms with van der Waals surface area (Å²) in [6.07, 6.45) is 3.49. The number of rotatable bonds is 6. The number of amides is 2. The number of nitrogens with zero attached hydrogens (tertiary/aromatic N) is 4. The highest BCUT2D eigenvalue weighted by Crippen LogP contribution is 2.34. The molecule has 198 valence electrons. The van der Waals surface area contributed by atoms with E-state index in [1.165, 1.54) is 24.3 Å². The number of nitriles is 1. The zero-order valence-corrected chi connectivity index (χ0v) is 22.2. The molecular formula is C32H25FN4O3. The van der Waals surface area contributed by atoms with Crippen LogP contribution >= 0.6 is 0 Å². The summed E-state index contributed by atoms with van der Waals surface area (Å²) in [4.78, 5) is 27.9. The summed E-state index contributed by atoms with van der Waals surface area (Å²) in [5.74, 6) is -0.947. The van der Waals surface area contributed by atoms with Crippen LogP contribution in [0.3, 0.4) is 0 Å². The van der Waals surface area contributed by atoms with Gasteiger partial charge >= 0.3 is 0 Å². The number of imide groups is 1. The van der Waals surface area contributed by atoms with E-state index < -0.39 is 17.6 Å². The molecule has 0 aliphatic carbocycles. The van der Waals surface area contributed by atoms with Gasteiger partial charge in [-0.3, -0.25) is 14.5 Å². The molecule has 0 fully saturated rings. The van der Waals surface area contributed by atoms with Crippen LogP contribution in [0.1, 0.15) is 23.6 Å². The van der Waals surface area contributed by atoms with Crippen LogP contribution in [0.25, 0.3) is 23.0 Å². The maximum absolute atomic E-state index is 13.7. The standard InChI is InChI=1S/C32H25FN4O3/c1-20-15-26(40-3)13-14-27(20)30-23(19-37(35-30)25-7-5-4-6-8-25)16-28-21(2)29(17-34)32(39)36(31(28)38)18-22-9-11-24(33)12-10-22/h4-16,19H,18H2,1-3H3/b28-16+. The fourth-order valence-corrected chi connectivity index (χ4v) is 4.65. The summed E-state index contributed by atoms with van der Waals surface area (Å²) in [7, 11) is 1.60. The molecule has 2 heterocycles. The number of ether oxygens (including phenoxy) is 1. The lowest BCUT2D eigenvalue weighted by Gasteiger charge is -2.27. The number of hydrogen-bond donors (Lipinski definition) is 0. The van der Waals surface area contributed by atoms with Gasteiger partial charge in [0.05, 0.1) is 19.3 Å². The van der Waals surface area contributed by atoms with Crippen LogP contribution in [0.2, 0.25) is 0 Å². The second-order valence-corrected chi connectivity index (χ2v) is 9.39. The Labute approximate surface area is 231 Å². The van der Waals surface area contributed by atoms with Crippen molar-refractivity contribution in [2.45, 2.75) is 20.4 Å². The summed E-state index contributed by atoms with van der Waals surface area (Å²) in [6, 6.07) is 22.7. The molecule has 3 aromatic carbocycles. The Kier molecular flexibility index (Phi) is 7.13. The first-order valence-electron chi connectivity index (χ1n) is 12.5. The van der Waals surface area contributed by atoms with Crippen molar-refractivity contribution in [3.63, 3.8) is 0 Å². The average Bonchev–Trinajstić information content (AvgIpc) is 3.38. The SMILES string of the molecule is COc1ccc(-c2nn(-c3ccccc3)cc2/C=C2/C(=O)N(Cc3ccc(F)cc3)C(=O)C(C#N)=C2C)c(C)c1. The third kappa shape index (κ3) is 4.93. The van der Waals surface area contributed by atoms with Gasteiger partial charge in [-0.05, 0) is 79.1 Å². The maximum Gasteiger partial charge on any atom is 0.271 e. The van der Waals surface area contributed by atoms with E-state index in [4.69, 9.17) is 9.84 Å². The first kappa shape index (κ1) is 26.3. The number of halogens is 1. The summed E-state index contributed by atoms with van der Waals surface area (Å²) < 4.78 is 20.5. The molecule has 0 saturated carbocycles. The Morgan fingerprint density at radius 1 is 1.00 bits per heavy atom. The number of carbonyl (C=O) groups excluding carboxylic acids is 2. The molecule has 7 nitrogen and oxygen atoms in total. The van der Waals surface area contributed by atoms with Gasteiger partial charge in [-0.25, -0.2) is 9.07 Å². The Morgan fingerprint density at radius 2 is 1.73 bits per heavy atom. The number of carbonyl (C=O) groups is 2. The fraction of sp³-hybridized carbons (Fsp3) is 0.125. The molecule has 0 bridgehead atoms. The van der Waals surface area contributed by atoms with Crippen molar-refractivity contribution >= 4 is 17.9 Å².